The van der Waals surface area contributed by atoms with Crippen molar-refractivity contribution in [2.75, 3.05) is 6.61 Å². The third kappa shape index (κ3) is 3.43. The number of unbranched alkanes of at least 4 members (excludes halogenated alkanes) is 2. The fraction of sp³-hybridized carbons (Fsp3) is 0.217. The highest BCUT2D eigenvalue weighted by Crippen LogP contribution is 2.37. The molecule has 0 atom stereocenters. The van der Waals surface area contributed by atoms with Crippen LogP contribution in [0.25, 0.3) is 11.1 Å². The number of ether oxygens (including phenoxy) is 1. The van der Waals surface area contributed by atoms with E-state index in [4.69, 9.17) is 9.84 Å². The van der Waals surface area contributed by atoms with E-state index in [9.17, 15) is 4.79 Å². The number of hydrogen-bond acceptors (Lipinski definition) is 3. The van der Waals surface area contributed by atoms with Crippen molar-refractivity contribution in [3.8, 4) is 11.1 Å². The first-order valence-corrected chi connectivity index (χ1v) is 9.41. The molecule has 4 rings (SSSR count). The van der Waals surface area contributed by atoms with Crippen LogP contribution in [0.4, 0.5) is 0 Å². The number of carbonyl (C=O) groups excluding carboxylic acids is 1. The van der Waals surface area contributed by atoms with Crippen LogP contribution in [0.2, 0.25) is 0 Å². The quantitative estimate of drug-likeness (QED) is 0.355. The molecule has 0 amide bonds. The molecule has 0 aliphatic heterocycles. The lowest BCUT2D eigenvalue weighted by atomic mass is 10.0. The lowest BCUT2D eigenvalue weighted by Crippen LogP contribution is -2.07. The smallest absolute Gasteiger partial charge is 0.338 e. The summed E-state index contributed by atoms with van der Waals surface area (Å²) in [5, 5.41) is 4.76. The zero-order chi connectivity index (χ0) is 18.6. The molecule has 0 bridgehead atoms. The Morgan fingerprint density at radius 2 is 1.67 bits per heavy atom. The van der Waals surface area contributed by atoms with Crippen molar-refractivity contribution in [3.63, 3.8) is 0 Å². The van der Waals surface area contributed by atoms with Gasteiger partial charge in [0.05, 0.1) is 17.9 Å². The maximum Gasteiger partial charge on any atom is 0.338 e. The van der Waals surface area contributed by atoms with Gasteiger partial charge in [-0.25, -0.2) is 9.47 Å². The Balaban J connectivity index is 1.68. The highest BCUT2D eigenvalue weighted by Gasteiger charge is 2.26. The minimum Gasteiger partial charge on any atom is -0.462 e. The summed E-state index contributed by atoms with van der Waals surface area (Å²) in [5.74, 6) is -0.262. The Kier molecular flexibility index (Phi) is 4.88. The zero-order valence-corrected chi connectivity index (χ0v) is 15.4. The van der Waals surface area contributed by atoms with Gasteiger partial charge in [-0.05, 0) is 41.8 Å². The van der Waals surface area contributed by atoms with Gasteiger partial charge >= 0.3 is 5.97 Å². The molecular weight excluding hydrogens is 336 g/mol. The predicted molar refractivity (Wildman–Crippen MR) is 107 cm³/mol. The molecule has 27 heavy (non-hydrogen) atoms. The molecular formula is C23H22N2O2. The van der Waals surface area contributed by atoms with Crippen LogP contribution in [-0.4, -0.2) is 23.0 Å². The molecule has 0 unspecified atom stereocenters. The molecule has 0 fully saturated rings. The van der Waals surface area contributed by atoms with Crippen molar-refractivity contribution in [2.24, 2.45) is 5.10 Å². The Bertz CT molecular complexity index is 987. The van der Waals surface area contributed by atoms with Crippen molar-refractivity contribution in [1.29, 1.82) is 0 Å². The van der Waals surface area contributed by atoms with Crippen LogP contribution < -0.4 is 0 Å². The van der Waals surface area contributed by atoms with Gasteiger partial charge in [0.15, 0.2) is 0 Å². The molecule has 0 radical (unpaired) electrons. The summed E-state index contributed by atoms with van der Waals surface area (Å²) >= 11 is 0. The fourth-order valence-corrected chi connectivity index (χ4v) is 3.39. The number of carbonyl (C=O) groups is 1. The van der Waals surface area contributed by atoms with Gasteiger partial charge in [-0.1, -0.05) is 50.1 Å². The second-order valence-corrected chi connectivity index (χ2v) is 6.66. The van der Waals surface area contributed by atoms with Crippen molar-refractivity contribution in [2.45, 2.75) is 26.2 Å². The molecule has 0 spiro atoms. The lowest BCUT2D eigenvalue weighted by molar-refractivity contribution is 0.0498. The van der Waals surface area contributed by atoms with E-state index >= 15 is 0 Å². The molecule has 0 saturated heterocycles. The molecule has 2 aromatic carbocycles. The molecule has 1 aromatic heterocycles. The zero-order valence-electron chi connectivity index (χ0n) is 15.4. The summed E-state index contributed by atoms with van der Waals surface area (Å²) < 4.78 is 7.22. The molecule has 1 heterocycles. The largest absolute Gasteiger partial charge is 0.462 e. The number of nitrogens with zero attached hydrogens (tertiary/aromatic N) is 2. The van der Waals surface area contributed by atoms with Gasteiger partial charge in [0.1, 0.15) is 0 Å². The molecule has 4 heteroatoms. The summed E-state index contributed by atoms with van der Waals surface area (Å²) in [6.45, 7) is 2.60. The minimum absolute atomic E-state index is 0.262. The van der Waals surface area contributed by atoms with E-state index in [1.54, 1.807) is 4.68 Å². The van der Waals surface area contributed by atoms with Gasteiger partial charge in [0.25, 0.3) is 0 Å². The molecule has 1 aliphatic carbocycles. The third-order valence-electron chi connectivity index (χ3n) is 4.77. The second-order valence-electron chi connectivity index (χ2n) is 6.66. The van der Waals surface area contributed by atoms with Gasteiger partial charge in [-0.15, -0.1) is 0 Å². The summed E-state index contributed by atoms with van der Waals surface area (Å²) in [7, 11) is 0. The van der Waals surface area contributed by atoms with E-state index < -0.39 is 0 Å². The summed E-state index contributed by atoms with van der Waals surface area (Å²) in [4.78, 5) is 12.4. The first-order chi connectivity index (χ1) is 13.3. The van der Waals surface area contributed by atoms with E-state index in [0.717, 1.165) is 47.2 Å². The van der Waals surface area contributed by atoms with Gasteiger partial charge in [0.2, 0.25) is 0 Å². The first kappa shape index (κ1) is 17.3. The average Bonchev–Trinajstić information content (AvgIpc) is 3.32. The van der Waals surface area contributed by atoms with E-state index in [2.05, 4.69) is 19.1 Å². The van der Waals surface area contributed by atoms with E-state index in [1.165, 1.54) is 0 Å². The number of esters is 1. The topological polar surface area (TPSA) is 43.6 Å². The van der Waals surface area contributed by atoms with E-state index in [-0.39, 0.29) is 5.97 Å². The summed E-state index contributed by atoms with van der Waals surface area (Å²) in [6, 6.07) is 17.8. The van der Waals surface area contributed by atoms with Crippen LogP contribution in [0.3, 0.4) is 0 Å². The Morgan fingerprint density at radius 3 is 2.44 bits per heavy atom. The summed E-state index contributed by atoms with van der Waals surface area (Å²) in [5.41, 5.74) is 5.74. The van der Waals surface area contributed by atoms with Gasteiger partial charge in [-0.2, -0.15) is 5.10 Å². The van der Waals surface area contributed by atoms with Crippen molar-refractivity contribution < 1.29 is 9.53 Å². The molecule has 0 saturated carbocycles. The third-order valence-corrected chi connectivity index (χ3v) is 4.77. The van der Waals surface area contributed by atoms with Crippen LogP contribution in [0.1, 0.15) is 47.7 Å². The van der Waals surface area contributed by atoms with Crippen LogP contribution >= 0.6 is 0 Å². The standard InChI is InChI=1S/C23H22N2O2/c1-2-3-8-15-27-23(26)17-11-12-20-21(16-17)18-9-4-5-10-19(18)22(20)24-25-13-6-7-14-25/h4-7,9-14,16H,2-3,8,15H2,1H3. The Labute approximate surface area is 159 Å². The summed E-state index contributed by atoms with van der Waals surface area (Å²) in [6.07, 6.45) is 6.91. The highest BCUT2D eigenvalue weighted by atomic mass is 16.5. The van der Waals surface area contributed by atoms with Crippen molar-refractivity contribution >= 4 is 11.7 Å². The molecule has 4 nitrogen and oxygen atoms in total. The number of rotatable bonds is 6. The minimum atomic E-state index is -0.262. The number of fused-ring (bicyclic) bond motifs is 3. The SMILES string of the molecule is CCCCCOC(=O)c1ccc2c(c1)-c1ccccc1C2=Nn1cccc1. The normalized spacial score (nSPS) is 13.4. The Morgan fingerprint density at radius 1 is 0.926 bits per heavy atom. The van der Waals surface area contributed by atoms with Crippen molar-refractivity contribution in [1.82, 2.24) is 4.68 Å². The van der Waals surface area contributed by atoms with Crippen LogP contribution in [0.15, 0.2) is 72.1 Å². The van der Waals surface area contributed by atoms with E-state index in [0.29, 0.717) is 12.2 Å². The van der Waals surface area contributed by atoms with Crippen molar-refractivity contribution in [3.05, 3.63) is 83.7 Å². The van der Waals surface area contributed by atoms with E-state index in [1.807, 2.05) is 54.9 Å². The maximum absolute atomic E-state index is 12.4. The van der Waals surface area contributed by atoms with Gasteiger partial charge in [0, 0.05) is 23.5 Å². The number of aromatic nitrogens is 1. The van der Waals surface area contributed by atoms with Gasteiger partial charge < -0.3 is 4.74 Å². The maximum atomic E-state index is 12.4. The predicted octanol–water partition coefficient (Wildman–Crippen LogP) is 5.12. The molecule has 3 aromatic rings. The monoisotopic (exact) mass is 358 g/mol. The number of hydrogen-bond donors (Lipinski definition) is 0. The molecule has 136 valence electrons. The van der Waals surface area contributed by atoms with Crippen LogP contribution in [0.5, 0.6) is 0 Å². The molecule has 0 N–H and O–H groups in total. The Hall–Kier alpha value is -3.14. The first-order valence-electron chi connectivity index (χ1n) is 9.41. The highest BCUT2D eigenvalue weighted by molar-refractivity contribution is 6.24. The number of benzene rings is 2. The second kappa shape index (κ2) is 7.62. The van der Waals surface area contributed by atoms with Gasteiger partial charge in [-0.3, -0.25) is 0 Å². The average molecular weight is 358 g/mol. The molecule has 1 aliphatic rings. The fourth-order valence-electron chi connectivity index (χ4n) is 3.39. The lowest BCUT2D eigenvalue weighted by Gasteiger charge is -2.07. The van der Waals surface area contributed by atoms with Crippen LogP contribution in [-0.2, 0) is 4.74 Å². The van der Waals surface area contributed by atoms with Crippen LogP contribution in [0, 0.1) is 0 Å².